The van der Waals surface area contributed by atoms with E-state index in [1.165, 1.54) is 0 Å². The Bertz CT molecular complexity index is 477. The van der Waals surface area contributed by atoms with Gasteiger partial charge < -0.3 is 25.2 Å². The second-order valence-corrected chi connectivity index (χ2v) is 5.44. The van der Waals surface area contributed by atoms with Gasteiger partial charge >= 0.3 is 0 Å². The van der Waals surface area contributed by atoms with Gasteiger partial charge in [-0.05, 0) is 24.6 Å². The minimum Gasteiger partial charge on any atom is -0.487 e. The Morgan fingerprint density at radius 1 is 1.27 bits per heavy atom. The van der Waals surface area contributed by atoms with Crippen molar-refractivity contribution < 1.29 is 19.4 Å². The Morgan fingerprint density at radius 3 is 2.64 bits per heavy atom. The molecule has 0 aliphatic carbocycles. The predicted molar refractivity (Wildman–Crippen MR) is 85.4 cm³/mol. The smallest absolute Gasteiger partial charge is 0.257 e. The van der Waals surface area contributed by atoms with Crippen LogP contribution in [0.5, 0.6) is 11.5 Å². The van der Waals surface area contributed by atoms with E-state index >= 15 is 0 Å². The monoisotopic (exact) mass is 310 g/mol. The molecular weight excluding hydrogens is 284 g/mol. The number of likely N-dealkylation sites (N-methyl/N-ethyl adjacent to an activating group) is 1. The summed E-state index contributed by atoms with van der Waals surface area (Å²) in [6, 6.07) is 5.77. The van der Waals surface area contributed by atoms with Crippen LogP contribution in [0, 0.1) is 6.92 Å². The van der Waals surface area contributed by atoms with Gasteiger partial charge in [0.25, 0.3) is 5.91 Å². The molecule has 124 valence electrons. The van der Waals surface area contributed by atoms with Gasteiger partial charge in [0.1, 0.15) is 12.7 Å². The van der Waals surface area contributed by atoms with Crippen LogP contribution in [0.3, 0.4) is 0 Å². The van der Waals surface area contributed by atoms with Gasteiger partial charge in [0.2, 0.25) is 0 Å². The highest BCUT2D eigenvalue weighted by atomic mass is 16.5. The molecule has 1 unspecified atom stereocenters. The number of carbonyl (C=O) groups excluding carboxylic acids is 1. The quantitative estimate of drug-likeness (QED) is 0.630. The van der Waals surface area contributed by atoms with E-state index in [1.807, 2.05) is 26.8 Å². The Kier molecular flexibility index (Phi) is 7.70. The molecule has 1 amide bonds. The third kappa shape index (κ3) is 6.78. The molecule has 3 N–H and O–H groups in total. The van der Waals surface area contributed by atoms with E-state index in [4.69, 9.17) is 9.47 Å². The molecule has 0 aromatic heterocycles. The van der Waals surface area contributed by atoms with E-state index in [2.05, 4.69) is 10.6 Å². The molecule has 1 rings (SSSR count). The Labute approximate surface area is 131 Å². The number of aryl methyl sites for hydroxylation is 1. The van der Waals surface area contributed by atoms with Gasteiger partial charge in [-0.2, -0.15) is 0 Å². The second kappa shape index (κ2) is 9.27. The van der Waals surface area contributed by atoms with Crippen molar-refractivity contribution in [1.29, 1.82) is 0 Å². The number of hydrogen-bond acceptors (Lipinski definition) is 5. The average molecular weight is 310 g/mol. The van der Waals surface area contributed by atoms with Crippen molar-refractivity contribution in [3.8, 4) is 11.5 Å². The number of amides is 1. The predicted octanol–water partition coefficient (Wildman–Crippen LogP) is 0.858. The third-order valence-corrected chi connectivity index (χ3v) is 2.93. The summed E-state index contributed by atoms with van der Waals surface area (Å²) < 4.78 is 11.1. The Balaban J connectivity index is 2.59. The average Bonchev–Trinajstić information content (AvgIpc) is 2.49. The molecular formula is C16H26N2O4. The Hall–Kier alpha value is -1.79. The van der Waals surface area contributed by atoms with Crippen LogP contribution in [0.1, 0.15) is 19.4 Å². The molecule has 1 aromatic carbocycles. The first-order valence-corrected chi connectivity index (χ1v) is 7.40. The molecule has 0 fully saturated rings. The summed E-state index contributed by atoms with van der Waals surface area (Å²) in [5.41, 5.74) is 1.00. The highest BCUT2D eigenvalue weighted by Gasteiger charge is 2.11. The number of aliphatic hydroxyl groups excluding tert-OH is 1. The lowest BCUT2D eigenvalue weighted by atomic mass is 10.2. The van der Waals surface area contributed by atoms with Gasteiger partial charge in [0.05, 0.1) is 0 Å². The van der Waals surface area contributed by atoms with Crippen LogP contribution < -0.4 is 20.1 Å². The van der Waals surface area contributed by atoms with Crippen LogP contribution in [-0.2, 0) is 4.79 Å². The molecule has 6 nitrogen and oxygen atoms in total. The van der Waals surface area contributed by atoms with Crippen molar-refractivity contribution in [2.45, 2.75) is 32.9 Å². The number of benzene rings is 1. The summed E-state index contributed by atoms with van der Waals surface area (Å²) in [6.07, 6.45) is -0.615. The maximum Gasteiger partial charge on any atom is 0.257 e. The summed E-state index contributed by atoms with van der Waals surface area (Å²) >= 11 is 0. The van der Waals surface area contributed by atoms with E-state index in [-0.39, 0.29) is 19.1 Å². The van der Waals surface area contributed by atoms with Crippen molar-refractivity contribution in [2.75, 3.05) is 26.8 Å². The molecule has 0 spiro atoms. The lowest BCUT2D eigenvalue weighted by molar-refractivity contribution is -0.122. The fourth-order valence-corrected chi connectivity index (χ4v) is 1.68. The lowest BCUT2D eigenvalue weighted by Crippen LogP contribution is -2.35. The largest absolute Gasteiger partial charge is 0.487 e. The van der Waals surface area contributed by atoms with Crippen molar-refractivity contribution in [2.24, 2.45) is 0 Å². The highest BCUT2D eigenvalue weighted by molar-refractivity contribution is 5.77. The molecule has 0 saturated carbocycles. The van der Waals surface area contributed by atoms with E-state index < -0.39 is 6.10 Å². The van der Waals surface area contributed by atoms with Gasteiger partial charge in [-0.25, -0.2) is 0 Å². The van der Waals surface area contributed by atoms with E-state index in [0.29, 0.717) is 24.1 Å². The van der Waals surface area contributed by atoms with Gasteiger partial charge in [0, 0.05) is 19.6 Å². The van der Waals surface area contributed by atoms with E-state index in [9.17, 15) is 9.90 Å². The zero-order chi connectivity index (χ0) is 16.5. The SMILES string of the molecule is CNC(=O)COc1cc(C)ccc1OCC(O)CNC(C)C. The number of rotatable bonds is 9. The minimum absolute atomic E-state index is 0.0756. The Morgan fingerprint density at radius 2 is 2.00 bits per heavy atom. The molecule has 0 aliphatic heterocycles. The van der Waals surface area contributed by atoms with E-state index in [1.54, 1.807) is 19.2 Å². The lowest BCUT2D eigenvalue weighted by Gasteiger charge is -2.17. The number of aliphatic hydroxyl groups is 1. The first kappa shape index (κ1) is 18.3. The normalized spacial score (nSPS) is 12.1. The van der Waals surface area contributed by atoms with Crippen LogP contribution >= 0.6 is 0 Å². The topological polar surface area (TPSA) is 79.8 Å². The van der Waals surface area contributed by atoms with E-state index in [0.717, 1.165) is 5.56 Å². The zero-order valence-corrected chi connectivity index (χ0v) is 13.7. The molecule has 0 heterocycles. The first-order chi connectivity index (χ1) is 10.4. The second-order valence-electron chi connectivity index (χ2n) is 5.44. The minimum atomic E-state index is -0.615. The fourth-order valence-electron chi connectivity index (χ4n) is 1.68. The molecule has 0 saturated heterocycles. The van der Waals surface area contributed by atoms with Crippen molar-refractivity contribution >= 4 is 5.91 Å². The molecule has 1 aromatic rings. The summed E-state index contributed by atoms with van der Waals surface area (Å²) in [6.45, 7) is 6.49. The fraction of sp³-hybridized carbons (Fsp3) is 0.562. The van der Waals surface area contributed by atoms with Gasteiger partial charge in [0.15, 0.2) is 18.1 Å². The van der Waals surface area contributed by atoms with Gasteiger partial charge in [-0.3, -0.25) is 4.79 Å². The van der Waals surface area contributed by atoms with Crippen LogP contribution in [-0.4, -0.2) is 50.0 Å². The van der Waals surface area contributed by atoms with Crippen molar-refractivity contribution in [3.63, 3.8) is 0 Å². The summed E-state index contributed by atoms with van der Waals surface area (Å²) in [5.74, 6) is 0.791. The zero-order valence-electron chi connectivity index (χ0n) is 13.7. The standard InChI is InChI=1S/C16H26N2O4/c1-11(2)18-8-13(19)9-21-14-6-5-12(3)7-15(14)22-10-16(20)17-4/h5-7,11,13,18-19H,8-10H2,1-4H3,(H,17,20). The number of nitrogens with one attached hydrogen (secondary N) is 2. The number of ether oxygens (including phenoxy) is 2. The third-order valence-electron chi connectivity index (χ3n) is 2.93. The maximum absolute atomic E-state index is 11.3. The number of carbonyl (C=O) groups is 1. The van der Waals surface area contributed by atoms with Crippen LogP contribution in [0.2, 0.25) is 0 Å². The van der Waals surface area contributed by atoms with Gasteiger partial charge in [-0.15, -0.1) is 0 Å². The summed E-state index contributed by atoms with van der Waals surface area (Å²) in [4.78, 5) is 11.3. The molecule has 1 atom stereocenters. The van der Waals surface area contributed by atoms with Crippen LogP contribution in [0.4, 0.5) is 0 Å². The maximum atomic E-state index is 11.3. The van der Waals surface area contributed by atoms with Crippen LogP contribution in [0.25, 0.3) is 0 Å². The molecule has 0 bridgehead atoms. The van der Waals surface area contributed by atoms with Crippen LogP contribution in [0.15, 0.2) is 18.2 Å². The number of hydrogen-bond donors (Lipinski definition) is 3. The highest BCUT2D eigenvalue weighted by Crippen LogP contribution is 2.28. The molecule has 0 aliphatic rings. The van der Waals surface area contributed by atoms with Crippen molar-refractivity contribution in [1.82, 2.24) is 10.6 Å². The van der Waals surface area contributed by atoms with Gasteiger partial charge in [-0.1, -0.05) is 19.9 Å². The molecule has 22 heavy (non-hydrogen) atoms. The molecule has 6 heteroatoms. The molecule has 0 radical (unpaired) electrons. The van der Waals surface area contributed by atoms with Crippen molar-refractivity contribution in [3.05, 3.63) is 23.8 Å². The first-order valence-electron chi connectivity index (χ1n) is 7.40. The summed E-state index contributed by atoms with van der Waals surface area (Å²) in [7, 11) is 1.55. The summed E-state index contributed by atoms with van der Waals surface area (Å²) in [5, 5.41) is 15.5.